The molecule has 3 rings (SSSR count). The molecular weight excluding hydrogens is 278 g/mol. The van der Waals surface area contributed by atoms with Gasteiger partial charge in [-0.25, -0.2) is 9.78 Å². The van der Waals surface area contributed by atoms with Gasteiger partial charge in [-0.1, -0.05) is 11.6 Å². The molecule has 2 heterocycles. The van der Waals surface area contributed by atoms with E-state index in [4.69, 9.17) is 16.3 Å². The highest BCUT2D eigenvalue weighted by Gasteiger charge is 2.21. The van der Waals surface area contributed by atoms with E-state index in [1.54, 1.807) is 35.6 Å². The number of hydrogen-bond donors (Lipinski definition) is 1. The fraction of sp³-hybridized carbons (Fsp3) is 0.286. The number of H-pyrrole nitrogens is 1. The summed E-state index contributed by atoms with van der Waals surface area (Å²) in [6, 6.07) is 5.13. The molecule has 1 fully saturated rings. The van der Waals surface area contributed by atoms with Crippen LogP contribution < -0.4 is 4.74 Å². The van der Waals surface area contributed by atoms with Crippen LogP contribution in [0.15, 0.2) is 30.7 Å². The number of nitrogens with one attached hydrogen (secondary N) is 1. The number of ether oxygens (including phenoxy) is 1. The lowest BCUT2D eigenvalue weighted by molar-refractivity contribution is 0.163. The minimum atomic E-state index is -0.318. The number of hydrogen-bond acceptors (Lipinski definition) is 3. The lowest BCUT2D eigenvalue weighted by Gasteiger charge is -2.16. The molecule has 1 aromatic heterocycles. The Balaban J connectivity index is 1.87. The lowest BCUT2D eigenvalue weighted by atomic mass is 10.1. The summed E-state index contributed by atoms with van der Waals surface area (Å²) in [6.45, 7) is 1.51. The summed E-state index contributed by atoms with van der Waals surface area (Å²) in [5.41, 5.74) is 1.39. The van der Waals surface area contributed by atoms with Crippen LogP contribution in [0.25, 0.3) is 11.3 Å². The smallest absolute Gasteiger partial charge is 0.409 e. The third kappa shape index (κ3) is 2.63. The number of aromatic amines is 1. The Morgan fingerprint density at radius 2 is 2.15 bits per heavy atom. The Bertz CT molecular complexity index is 607. The van der Waals surface area contributed by atoms with E-state index in [9.17, 15) is 4.79 Å². The van der Waals surface area contributed by atoms with E-state index in [-0.39, 0.29) is 6.09 Å². The van der Waals surface area contributed by atoms with E-state index in [1.165, 1.54) is 0 Å². The summed E-state index contributed by atoms with van der Waals surface area (Å²) in [5.74, 6) is 0.471. The first-order chi connectivity index (χ1) is 9.74. The van der Waals surface area contributed by atoms with Gasteiger partial charge in [0.25, 0.3) is 0 Å². The van der Waals surface area contributed by atoms with Gasteiger partial charge in [0, 0.05) is 29.9 Å². The van der Waals surface area contributed by atoms with Crippen LogP contribution in [0.5, 0.6) is 5.75 Å². The third-order valence-electron chi connectivity index (χ3n) is 3.28. The first-order valence-corrected chi connectivity index (χ1v) is 6.87. The van der Waals surface area contributed by atoms with Gasteiger partial charge in [-0.3, -0.25) is 0 Å². The SMILES string of the molecule is O=C(Oc1ccc(Cl)cc1-c1c[nH]cn1)N1CCCC1. The zero-order valence-electron chi connectivity index (χ0n) is 10.8. The number of benzene rings is 1. The Labute approximate surface area is 121 Å². The summed E-state index contributed by atoms with van der Waals surface area (Å²) >= 11 is 6.01. The highest BCUT2D eigenvalue weighted by molar-refractivity contribution is 6.31. The van der Waals surface area contributed by atoms with Crippen LogP contribution in [0.3, 0.4) is 0 Å². The molecule has 1 aliphatic rings. The molecule has 0 bridgehead atoms. The van der Waals surface area contributed by atoms with Crippen LogP contribution in [0.1, 0.15) is 12.8 Å². The van der Waals surface area contributed by atoms with Gasteiger partial charge in [-0.2, -0.15) is 0 Å². The zero-order chi connectivity index (χ0) is 13.9. The molecule has 1 N–H and O–H groups in total. The molecule has 104 valence electrons. The minimum absolute atomic E-state index is 0.318. The minimum Gasteiger partial charge on any atom is -0.409 e. The van der Waals surface area contributed by atoms with Crippen LogP contribution >= 0.6 is 11.6 Å². The predicted molar refractivity (Wildman–Crippen MR) is 75.9 cm³/mol. The first-order valence-electron chi connectivity index (χ1n) is 6.49. The van der Waals surface area contributed by atoms with Gasteiger partial charge < -0.3 is 14.6 Å². The standard InChI is InChI=1S/C14H14ClN3O2/c15-10-3-4-13(11(7-10)12-8-16-9-17-12)20-14(19)18-5-1-2-6-18/h3-4,7-9H,1-2,5-6H2,(H,16,17). The Hall–Kier alpha value is -2.01. The molecule has 0 unspecified atom stereocenters. The summed E-state index contributed by atoms with van der Waals surface area (Å²) < 4.78 is 5.48. The van der Waals surface area contributed by atoms with E-state index >= 15 is 0 Å². The van der Waals surface area contributed by atoms with Gasteiger partial charge in [0.05, 0.1) is 12.0 Å². The lowest BCUT2D eigenvalue weighted by Crippen LogP contribution is -2.30. The van der Waals surface area contributed by atoms with Crippen molar-refractivity contribution in [3.8, 4) is 17.0 Å². The molecule has 0 radical (unpaired) electrons. The van der Waals surface area contributed by atoms with Gasteiger partial charge in [0.1, 0.15) is 5.75 Å². The van der Waals surface area contributed by atoms with Gasteiger partial charge in [0.2, 0.25) is 0 Å². The normalized spacial score (nSPS) is 14.6. The van der Waals surface area contributed by atoms with Crippen molar-refractivity contribution in [2.75, 3.05) is 13.1 Å². The van der Waals surface area contributed by atoms with Gasteiger partial charge in [0.15, 0.2) is 0 Å². The number of nitrogens with zero attached hydrogens (tertiary/aromatic N) is 2. The molecule has 1 saturated heterocycles. The second-order valence-corrected chi connectivity index (χ2v) is 5.09. The van der Waals surface area contributed by atoms with Crippen molar-refractivity contribution >= 4 is 17.7 Å². The van der Waals surface area contributed by atoms with Crippen molar-refractivity contribution in [1.29, 1.82) is 0 Å². The topological polar surface area (TPSA) is 58.2 Å². The second-order valence-electron chi connectivity index (χ2n) is 4.66. The number of rotatable bonds is 2. The Morgan fingerprint density at radius 1 is 1.35 bits per heavy atom. The fourth-order valence-electron chi connectivity index (χ4n) is 2.26. The summed E-state index contributed by atoms with van der Waals surface area (Å²) in [6.07, 6.45) is 5.05. The molecule has 1 amide bonds. The number of imidazole rings is 1. The average Bonchev–Trinajstić information content (AvgIpc) is 3.13. The molecule has 5 nitrogen and oxygen atoms in total. The van der Waals surface area contributed by atoms with Crippen molar-refractivity contribution in [1.82, 2.24) is 14.9 Å². The maximum atomic E-state index is 12.1. The molecule has 20 heavy (non-hydrogen) atoms. The molecule has 6 heteroatoms. The van der Waals surface area contributed by atoms with Crippen LogP contribution in [-0.2, 0) is 0 Å². The summed E-state index contributed by atoms with van der Waals surface area (Å²) in [4.78, 5) is 20.8. The van der Waals surface area contributed by atoms with E-state index in [1.807, 2.05) is 0 Å². The first kappa shape index (κ1) is 13.0. The molecule has 0 atom stereocenters. The molecule has 1 aliphatic heterocycles. The molecule has 0 spiro atoms. The monoisotopic (exact) mass is 291 g/mol. The Kier molecular flexibility index (Phi) is 3.60. The average molecular weight is 292 g/mol. The summed E-state index contributed by atoms with van der Waals surface area (Å²) in [5, 5.41) is 0.573. The summed E-state index contributed by atoms with van der Waals surface area (Å²) in [7, 11) is 0. The largest absolute Gasteiger partial charge is 0.415 e. The highest BCUT2D eigenvalue weighted by Crippen LogP contribution is 2.31. The van der Waals surface area contributed by atoms with Crippen LogP contribution in [0.4, 0.5) is 4.79 Å². The number of likely N-dealkylation sites (tertiary alicyclic amines) is 1. The molecule has 0 aliphatic carbocycles. The molecular formula is C14H14ClN3O2. The van der Waals surface area contributed by atoms with E-state index < -0.39 is 0 Å². The molecule has 1 aromatic carbocycles. The highest BCUT2D eigenvalue weighted by atomic mass is 35.5. The number of halogens is 1. The van der Waals surface area contributed by atoms with Crippen LogP contribution in [0, 0.1) is 0 Å². The fourth-order valence-corrected chi connectivity index (χ4v) is 2.43. The van der Waals surface area contributed by atoms with Gasteiger partial charge >= 0.3 is 6.09 Å². The quantitative estimate of drug-likeness (QED) is 0.923. The Morgan fingerprint density at radius 3 is 2.85 bits per heavy atom. The maximum Gasteiger partial charge on any atom is 0.415 e. The predicted octanol–water partition coefficient (Wildman–Crippen LogP) is 3.32. The number of carbonyl (C=O) groups is 1. The van der Waals surface area contributed by atoms with Crippen molar-refractivity contribution < 1.29 is 9.53 Å². The van der Waals surface area contributed by atoms with Gasteiger partial charge in [-0.05, 0) is 31.0 Å². The van der Waals surface area contributed by atoms with Crippen molar-refractivity contribution in [2.24, 2.45) is 0 Å². The van der Waals surface area contributed by atoms with Crippen LogP contribution in [-0.4, -0.2) is 34.1 Å². The molecule has 0 saturated carbocycles. The molecule has 2 aromatic rings. The zero-order valence-corrected chi connectivity index (χ0v) is 11.6. The van der Waals surface area contributed by atoms with Crippen molar-refractivity contribution in [3.63, 3.8) is 0 Å². The van der Waals surface area contributed by atoms with E-state index in [0.717, 1.165) is 25.9 Å². The maximum absolute atomic E-state index is 12.1. The number of amides is 1. The number of carbonyl (C=O) groups excluding carboxylic acids is 1. The number of aromatic nitrogens is 2. The van der Waals surface area contributed by atoms with Crippen molar-refractivity contribution in [3.05, 3.63) is 35.7 Å². The third-order valence-corrected chi connectivity index (χ3v) is 3.51. The second kappa shape index (κ2) is 5.54. The van der Waals surface area contributed by atoms with Gasteiger partial charge in [-0.15, -0.1) is 0 Å². The van der Waals surface area contributed by atoms with Crippen molar-refractivity contribution in [2.45, 2.75) is 12.8 Å². The van der Waals surface area contributed by atoms with E-state index in [2.05, 4.69) is 9.97 Å². The van der Waals surface area contributed by atoms with Crippen LogP contribution in [0.2, 0.25) is 5.02 Å². The van der Waals surface area contributed by atoms with E-state index in [0.29, 0.717) is 22.0 Å².